The van der Waals surface area contributed by atoms with Crippen molar-refractivity contribution in [3.05, 3.63) is 46.8 Å². The van der Waals surface area contributed by atoms with Crippen molar-refractivity contribution in [1.82, 2.24) is 15.1 Å². The van der Waals surface area contributed by atoms with Crippen molar-refractivity contribution in [2.45, 2.75) is 12.5 Å². The molecule has 6 heteroatoms. The van der Waals surface area contributed by atoms with Gasteiger partial charge in [0.1, 0.15) is 6.10 Å². The van der Waals surface area contributed by atoms with Crippen LogP contribution in [0.2, 0.25) is 0 Å². The van der Waals surface area contributed by atoms with Crippen LogP contribution in [0.4, 0.5) is 0 Å². The lowest BCUT2D eigenvalue weighted by atomic mass is 10.3. The molecule has 2 aromatic rings. The number of likely N-dealkylation sites (tertiary alicyclic amines) is 1. The molecule has 0 radical (unpaired) electrons. The number of amides is 1. The normalized spacial score (nSPS) is 18.3. The van der Waals surface area contributed by atoms with Crippen molar-refractivity contribution in [3.63, 3.8) is 0 Å². The van der Waals surface area contributed by atoms with E-state index in [0.717, 1.165) is 11.3 Å². The minimum atomic E-state index is -0.0132. The van der Waals surface area contributed by atoms with E-state index in [1.54, 1.807) is 40.6 Å². The van der Waals surface area contributed by atoms with Crippen LogP contribution in [0.5, 0.6) is 5.88 Å². The fourth-order valence-corrected chi connectivity index (χ4v) is 2.81. The van der Waals surface area contributed by atoms with Gasteiger partial charge in [-0.05, 0) is 23.6 Å². The van der Waals surface area contributed by atoms with Gasteiger partial charge < -0.3 is 9.64 Å². The molecule has 0 aliphatic carbocycles. The summed E-state index contributed by atoms with van der Waals surface area (Å²) in [5.41, 5.74) is 0. The Morgan fingerprint density at radius 2 is 2.38 bits per heavy atom. The Balaban J connectivity index is 1.53. The molecule has 0 aromatic carbocycles. The first-order valence-corrected chi connectivity index (χ1v) is 7.64. The molecule has 1 fully saturated rings. The van der Waals surface area contributed by atoms with Crippen molar-refractivity contribution in [2.24, 2.45) is 0 Å². The Morgan fingerprint density at radius 3 is 3.14 bits per heavy atom. The first kappa shape index (κ1) is 13.8. The lowest BCUT2D eigenvalue weighted by Crippen LogP contribution is -2.29. The van der Waals surface area contributed by atoms with Crippen LogP contribution in [0, 0.1) is 0 Å². The van der Waals surface area contributed by atoms with Gasteiger partial charge in [-0.15, -0.1) is 16.4 Å². The molecule has 21 heavy (non-hydrogen) atoms. The molecule has 3 heterocycles. The third-order valence-corrected chi connectivity index (χ3v) is 4.06. The smallest absolute Gasteiger partial charge is 0.246 e. The van der Waals surface area contributed by atoms with Crippen LogP contribution in [0.1, 0.15) is 11.3 Å². The quantitative estimate of drug-likeness (QED) is 0.813. The zero-order valence-electron chi connectivity index (χ0n) is 11.4. The van der Waals surface area contributed by atoms with Crippen LogP contribution in [-0.4, -0.2) is 40.2 Å². The van der Waals surface area contributed by atoms with Gasteiger partial charge in [-0.1, -0.05) is 6.07 Å². The summed E-state index contributed by atoms with van der Waals surface area (Å²) in [6, 6.07) is 7.51. The maximum Gasteiger partial charge on any atom is 0.246 e. The molecule has 0 spiro atoms. The van der Waals surface area contributed by atoms with Crippen molar-refractivity contribution >= 4 is 23.3 Å². The van der Waals surface area contributed by atoms with Gasteiger partial charge in [0.25, 0.3) is 0 Å². The van der Waals surface area contributed by atoms with Gasteiger partial charge >= 0.3 is 0 Å². The summed E-state index contributed by atoms with van der Waals surface area (Å²) in [6.07, 6.45) is 5.88. The number of hydrogen-bond donors (Lipinski definition) is 0. The summed E-state index contributed by atoms with van der Waals surface area (Å²) in [5, 5.41) is 9.66. The first-order chi connectivity index (χ1) is 10.3. The van der Waals surface area contributed by atoms with Crippen molar-refractivity contribution in [1.29, 1.82) is 0 Å². The van der Waals surface area contributed by atoms with Gasteiger partial charge in [0.05, 0.1) is 6.54 Å². The Labute approximate surface area is 126 Å². The summed E-state index contributed by atoms with van der Waals surface area (Å²) >= 11 is 1.61. The third kappa shape index (κ3) is 3.66. The van der Waals surface area contributed by atoms with E-state index in [-0.39, 0.29) is 12.0 Å². The number of carbonyl (C=O) groups excluding carboxylic acids is 1. The van der Waals surface area contributed by atoms with Crippen molar-refractivity contribution < 1.29 is 9.53 Å². The highest BCUT2D eigenvalue weighted by molar-refractivity contribution is 7.10. The van der Waals surface area contributed by atoms with Crippen LogP contribution in [0.25, 0.3) is 6.08 Å². The van der Waals surface area contributed by atoms with E-state index < -0.39 is 0 Å². The molecule has 5 nitrogen and oxygen atoms in total. The molecular weight excluding hydrogens is 286 g/mol. The lowest BCUT2D eigenvalue weighted by Gasteiger charge is -2.14. The van der Waals surface area contributed by atoms with E-state index in [0.29, 0.717) is 19.0 Å². The average Bonchev–Trinajstić information content (AvgIpc) is 3.17. The summed E-state index contributed by atoms with van der Waals surface area (Å²) in [6.45, 7) is 1.29. The van der Waals surface area contributed by atoms with Gasteiger partial charge in [0.15, 0.2) is 0 Å². The molecule has 0 saturated carbocycles. The summed E-state index contributed by atoms with van der Waals surface area (Å²) in [4.78, 5) is 15.0. The molecular formula is C15H15N3O2S. The summed E-state index contributed by atoms with van der Waals surface area (Å²) < 4.78 is 5.72. The Kier molecular flexibility index (Phi) is 4.25. The van der Waals surface area contributed by atoms with E-state index in [1.807, 2.05) is 23.6 Å². The lowest BCUT2D eigenvalue weighted by molar-refractivity contribution is -0.125. The van der Waals surface area contributed by atoms with E-state index in [2.05, 4.69) is 10.2 Å². The number of hydrogen-bond acceptors (Lipinski definition) is 5. The standard InChI is InChI=1S/C15H15N3O2S/c19-15(6-5-13-3-2-10-21-13)18-9-7-12(11-18)20-14-4-1-8-16-17-14/h1-6,8,10,12H,7,9,11H2. The molecule has 0 N–H and O–H groups in total. The van der Waals surface area contributed by atoms with Gasteiger partial charge in [-0.25, -0.2) is 0 Å². The third-order valence-electron chi connectivity index (χ3n) is 3.23. The van der Waals surface area contributed by atoms with E-state index in [1.165, 1.54) is 0 Å². The number of nitrogens with zero attached hydrogens (tertiary/aromatic N) is 3. The maximum atomic E-state index is 12.1. The van der Waals surface area contributed by atoms with Gasteiger partial charge in [-0.3, -0.25) is 4.79 Å². The molecule has 108 valence electrons. The zero-order chi connectivity index (χ0) is 14.5. The highest BCUT2D eigenvalue weighted by Gasteiger charge is 2.26. The Bertz CT molecular complexity index is 613. The fourth-order valence-electron chi connectivity index (χ4n) is 2.19. The second-order valence-corrected chi connectivity index (χ2v) is 5.70. The molecule has 1 aliphatic heterocycles. The van der Waals surface area contributed by atoms with Crippen LogP contribution in [-0.2, 0) is 4.79 Å². The van der Waals surface area contributed by atoms with Gasteiger partial charge in [0, 0.05) is 36.2 Å². The molecule has 1 atom stereocenters. The van der Waals surface area contributed by atoms with Crippen molar-refractivity contribution in [3.8, 4) is 5.88 Å². The Hall–Kier alpha value is -2.21. The molecule has 1 aliphatic rings. The molecule has 1 saturated heterocycles. The summed E-state index contributed by atoms with van der Waals surface area (Å²) in [7, 11) is 0. The number of rotatable bonds is 4. The number of aromatic nitrogens is 2. The van der Waals surface area contributed by atoms with Gasteiger partial charge in [0.2, 0.25) is 11.8 Å². The predicted molar refractivity (Wildman–Crippen MR) is 81.0 cm³/mol. The Morgan fingerprint density at radius 1 is 1.43 bits per heavy atom. The number of thiophene rings is 1. The van der Waals surface area contributed by atoms with Crippen LogP contribution in [0.15, 0.2) is 41.9 Å². The number of ether oxygens (including phenoxy) is 1. The van der Waals surface area contributed by atoms with E-state index >= 15 is 0 Å². The monoisotopic (exact) mass is 301 g/mol. The van der Waals surface area contributed by atoms with E-state index in [4.69, 9.17) is 4.74 Å². The van der Waals surface area contributed by atoms with Crippen LogP contribution < -0.4 is 4.74 Å². The second kappa shape index (κ2) is 6.49. The van der Waals surface area contributed by atoms with E-state index in [9.17, 15) is 4.79 Å². The first-order valence-electron chi connectivity index (χ1n) is 6.76. The van der Waals surface area contributed by atoms with Crippen LogP contribution >= 0.6 is 11.3 Å². The molecule has 2 aromatic heterocycles. The zero-order valence-corrected chi connectivity index (χ0v) is 12.2. The SMILES string of the molecule is O=C(C=Cc1cccs1)N1CCC(Oc2cccnn2)C1. The fraction of sp³-hybridized carbons (Fsp3) is 0.267. The summed E-state index contributed by atoms with van der Waals surface area (Å²) in [5.74, 6) is 0.527. The van der Waals surface area contributed by atoms with Crippen molar-refractivity contribution in [2.75, 3.05) is 13.1 Å². The molecule has 1 unspecified atom stereocenters. The molecule has 0 bridgehead atoms. The highest BCUT2D eigenvalue weighted by atomic mass is 32.1. The average molecular weight is 301 g/mol. The molecule has 1 amide bonds. The predicted octanol–water partition coefficient (Wildman–Crippen LogP) is 2.23. The minimum absolute atomic E-state index is 0.0132. The topological polar surface area (TPSA) is 55.3 Å². The minimum Gasteiger partial charge on any atom is -0.471 e. The maximum absolute atomic E-state index is 12.1. The second-order valence-electron chi connectivity index (χ2n) is 4.72. The highest BCUT2D eigenvalue weighted by Crippen LogP contribution is 2.17. The van der Waals surface area contributed by atoms with Crippen LogP contribution in [0.3, 0.4) is 0 Å². The molecule has 3 rings (SSSR count). The largest absolute Gasteiger partial charge is 0.471 e. The van der Waals surface area contributed by atoms with Gasteiger partial charge in [-0.2, -0.15) is 5.10 Å². The number of carbonyl (C=O) groups is 1.